The van der Waals surface area contributed by atoms with Crippen LogP contribution in [0.25, 0.3) is 0 Å². The molecule has 0 unspecified atom stereocenters. The van der Waals surface area contributed by atoms with E-state index in [1.807, 2.05) is 0 Å². The molecule has 1 fully saturated rings. The van der Waals surface area contributed by atoms with Gasteiger partial charge in [0.25, 0.3) is 0 Å². The fourth-order valence-electron chi connectivity index (χ4n) is 4.66. The van der Waals surface area contributed by atoms with Crippen LogP contribution in [0.5, 0.6) is 5.75 Å². The Hall–Kier alpha value is -1.10. The summed E-state index contributed by atoms with van der Waals surface area (Å²) in [7, 11) is 4.50. The molecule has 0 saturated heterocycles. The first kappa shape index (κ1) is 26.2. The minimum absolute atomic E-state index is 0.0102. The number of nitrogens with zero attached hydrogens (tertiary/aromatic N) is 1. The van der Waals surface area contributed by atoms with Gasteiger partial charge in [-0.15, -0.1) is 0 Å². The molecule has 0 amide bonds. The van der Waals surface area contributed by atoms with Crippen molar-refractivity contribution in [2.45, 2.75) is 96.6 Å². The smallest absolute Gasteiger partial charge is 0.126 e. The van der Waals surface area contributed by atoms with Gasteiger partial charge in [-0.05, 0) is 53.7 Å². The van der Waals surface area contributed by atoms with Gasteiger partial charge in [-0.25, -0.2) is 0 Å². The summed E-state index contributed by atoms with van der Waals surface area (Å²) in [6, 6.07) is 7.21. The lowest BCUT2D eigenvalue weighted by Crippen LogP contribution is -2.54. The van der Waals surface area contributed by atoms with Crippen molar-refractivity contribution in [1.29, 1.82) is 0 Å². The minimum atomic E-state index is -0.437. The van der Waals surface area contributed by atoms with Crippen LogP contribution in [-0.2, 0) is 15.6 Å². The van der Waals surface area contributed by atoms with Crippen molar-refractivity contribution in [1.82, 2.24) is 0 Å². The Morgan fingerprint density at radius 2 is 1.61 bits per heavy atom. The molecule has 1 aromatic rings. The van der Waals surface area contributed by atoms with Crippen LogP contribution >= 0.6 is 0 Å². The number of aliphatic hydroxyl groups is 1. The summed E-state index contributed by atoms with van der Waals surface area (Å²) in [5.74, 6) is 0.930. The van der Waals surface area contributed by atoms with Gasteiger partial charge in [-0.3, -0.25) is 0 Å². The van der Waals surface area contributed by atoms with Gasteiger partial charge in [0.05, 0.1) is 33.4 Å². The zero-order chi connectivity index (χ0) is 23.3. The number of ether oxygens (including phenoxy) is 2. The van der Waals surface area contributed by atoms with Gasteiger partial charge in [0.15, 0.2) is 0 Å². The van der Waals surface area contributed by atoms with E-state index in [-0.39, 0.29) is 10.8 Å². The Morgan fingerprint density at radius 3 is 2.19 bits per heavy atom. The zero-order valence-electron chi connectivity index (χ0n) is 21.5. The molecular weight excluding hydrogens is 386 g/mol. The predicted molar refractivity (Wildman–Crippen MR) is 130 cm³/mol. The second kappa shape index (κ2) is 10.7. The highest BCUT2D eigenvalue weighted by atomic mass is 16.5. The largest absolute Gasteiger partial charge is 0.491 e. The summed E-state index contributed by atoms with van der Waals surface area (Å²) in [4.78, 5) is 0. The van der Waals surface area contributed by atoms with Crippen molar-refractivity contribution in [3.05, 3.63) is 29.3 Å². The molecule has 1 saturated carbocycles. The quantitative estimate of drug-likeness (QED) is 0.415. The molecule has 0 aliphatic heterocycles. The van der Waals surface area contributed by atoms with Crippen molar-refractivity contribution in [3.8, 4) is 5.75 Å². The van der Waals surface area contributed by atoms with E-state index in [2.05, 4.69) is 73.8 Å². The number of quaternary nitrogens is 1. The van der Waals surface area contributed by atoms with E-state index in [1.54, 1.807) is 0 Å². The Labute approximate surface area is 191 Å². The molecule has 1 N–H and O–H groups in total. The summed E-state index contributed by atoms with van der Waals surface area (Å²) in [5.41, 5.74) is 2.67. The minimum Gasteiger partial charge on any atom is -0.491 e. The average Bonchev–Trinajstić information content (AvgIpc) is 2.66. The van der Waals surface area contributed by atoms with Crippen LogP contribution in [0.3, 0.4) is 0 Å². The van der Waals surface area contributed by atoms with Gasteiger partial charge in [0.2, 0.25) is 0 Å². The van der Waals surface area contributed by atoms with E-state index in [0.29, 0.717) is 25.9 Å². The van der Waals surface area contributed by atoms with Crippen LogP contribution in [0.4, 0.5) is 0 Å². The molecular formula is C27H48NO3+. The van der Waals surface area contributed by atoms with Crippen LogP contribution in [-0.4, -0.2) is 62.2 Å². The van der Waals surface area contributed by atoms with Crippen LogP contribution in [0.15, 0.2) is 18.2 Å². The molecule has 178 valence electrons. The number of likely N-dealkylation sites (N-methyl/N-ethyl adjacent to an activating group) is 1. The number of hydrogen-bond acceptors (Lipinski definition) is 3. The first-order valence-corrected chi connectivity index (χ1v) is 12.2. The Morgan fingerprint density at radius 1 is 0.968 bits per heavy atom. The molecule has 1 aromatic carbocycles. The third-order valence-corrected chi connectivity index (χ3v) is 6.69. The Kier molecular flexibility index (Phi) is 9.01. The summed E-state index contributed by atoms with van der Waals surface area (Å²) in [5, 5.41) is 10.5. The zero-order valence-corrected chi connectivity index (χ0v) is 21.5. The Balaban J connectivity index is 1.82. The van der Waals surface area contributed by atoms with E-state index in [4.69, 9.17) is 9.47 Å². The highest BCUT2D eigenvalue weighted by Crippen LogP contribution is 2.35. The third kappa shape index (κ3) is 8.07. The van der Waals surface area contributed by atoms with E-state index < -0.39 is 6.10 Å². The molecule has 0 radical (unpaired) electrons. The standard InChI is InChI=1S/C27H48NO3/c1-26(2,3)21-14-15-25(24(18-21)27(4,5)6)31-17-16-30-20-23(29)19-28(7,8)22-12-10-9-11-13-22/h14-15,18,22-23,29H,9-13,16-17,19-20H2,1-8H3/q+1/t23-/m1/s1. The lowest BCUT2D eigenvalue weighted by Gasteiger charge is -2.41. The van der Waals surface area contributed by atoms with Gasteiger partial charge in [0, 0.05) is 0 Å². The van der Waals surface area contributed by atoms with Crippen molar-refractivity contribution < 1.29 is 19.1 Å². The van der Waals surface area contributed by atoms with E-state index in [9.17, 15) is 5.11 Å². The first-order valence-electron chi connectivity index (χ1n) is 12.2. The maximum absolute atomic E-state index is 10.5. The molecule has 0 bridgehead atoms. The fraction of sp³-hybridized carbons (Fsp3) is 0.778. The van der Waals surface area contributed by atoms with Crippen molar-refractivity contribution in [2.75, 3.05) is 40.5 Å². The SMILES string of the molecule is CC(C)(C)c1ccc(OCCOC[C@H](O)C[N+](C)(C)C2CCCCC2)c(C(C)(C)C)c1. The van der Waals surface area contributed by atoms with Gasteiger partial charge in [-0.2, -0.15) is 0 Å². The molecule has 0 aromatic heterocycles. The van der Waals surface area contributed by atoms with Crippen LogP contribution < -0.4 is 4.74 Å². The molecule has 4 heteroatoms. The Bertz CT molecular complexity index is 679. The molecule has 0 spiro atoms. The van der Waals surface area contributed by atoms with Crippen LogP contribution in [0, 0.1) is 0 Å². The average molecular weight is 435 g/mol. The molecule has 1 atom stereocenters. The van der Waals surface area contributed by atoms with E-state index in [0.717, 1.165) is 16.8 Å². The van der Waals surface area contributed by atoms with Gasteiger partial charge < -0.3 is 19.1 Å². The monoisotopic (exact) mass is 434 g/mol. The first-order chi connectivity index (χ1) is 14.3. The molecule has 4 nitrogen and oxygen atoms in total. The van der Waals surface area contributed by atoms with Crippen molar-refractivity contribution in [2.24, 2.45) is 0 Å². The third-order valence-electron chi connectivity index (χ3n) is 6.69. The van der Waals surface area contributed by atoms with E-state index >= 15 is 0 Å². The number of hydrogen-bond donors (Lipinski definition) is 1. The topological polar surface area (TPSA) is 38.7 Å². The summed E-state index contributed by atoms with van der Waals surface area (Å²) in [6.45, 7) is 15.5. The summed E-state index contributed by atoms with van der Waals surface area (Å²) in [6.07, 6.45) is 6.12. The number of rotatable bonds is 9. The normalized spacial score (nSPS) is 17.6. The maximum atomic E-state index is 10.5. The molecule has 31 heavy (non-hydrogen) atoms. The lowest BCUT2D eigenvalue weighted by atomic mass is 9.80. The number of aliphatic hydroxyl groups excluding tert-OH is 1. The van der Waals surface area contributed by atoms with Gasteiger partial charge in [-0.1, -0.05) is 60.1 Å². The molecule has 0 heterocycles. The summed E-state index contributed by atoms with van der Waals surface area (Å²) < 4.78 is 12.8. The fourth-order valence-corrected chi connectivity index (χ4v) is 4.66. The van der Waals surface area contributed by atoms with E-state index in [1.165, 1.54) is 43.2 Å². The second-order valence-corrected chi connectivity index (χ2v) is 12.0. The predicted octanol–water partition coefficient (Wildman–Crippen LogP) is 5.45. The van der Waals surface area contributed by atoms with Crippen molar-refractivity contribution >= 4 is 0 Å². The second-order valence-electron chi connectivity index (χ2n) is 12.0. The van der Waals surface area contributed by atoms with Crippen molar-refractivity contribution in [3.63, 3.8) is 0 Å². The van der Waals surface area contributed by atoms with Crippen LogP contribution in [0.1, 0.15) is 84.8 Å². The maximum Gasteiger partial charge on any atom is 0.126 e. The lowest BCUT2D eigenvalue weighted by molar-refractivity contribution is -0.919. The highest BCUT2D eigenvalue weighted by Gasteiger charge is 2.31. The van der Waals surface area contributed by atoms with Gasteiger partial charge in [0.1, 0.15) is 25.0 Å². The van der Waals surface area contributed by atoms with Crippen LogP contribution in [0.2, 0.25) is 0 Å². The number of benzene rings is 1. The molecule has 1 aliphatic carbocycles. The molecule has 1 aliphatic rings. The molecule has 2 rings (SSSR count). The van der Waals surface area contributed by atoms with Gasteiger partial charge >= 0.3 is 0 Å². The highest BCUT2D eigenvalue weighted by molar-refractivity contribution is 5.43. The summed E-state index contributed by atoms with van der Waals surface area (Å²) >= 11 is 0.